The van der Waals surface area contributed by atoms with Crippen molar-refractivity contribution in [1.29, 1.82) is 0 Å². The Balaban J connectivity index is 1.75. The van der Waals surface area contributed by atoms with Gasteiger partial charge in [0.1, 0.15) is 18.0 Å². The number of hydrogen-bond donors (Lipinski definition) is 0. The maximum atomic E-state index is 12.3. The van der Waals surface area contributed by atoms with E-state index in [-0.39, 0.29) is 12.1 Å². The molecule has 1 aromatic rings. The van der Waals surface area contributed by atoms with Crippen LogP contribution in [-0.2, 0) is 4.74 Å². The fraction of sp³-hybridized carbons (Fsp3) is 0.588. The van der Waals surface area contributed by atoms with E-state index in [2.05, 4.69) is 20.8 Å². The largest absolute Gasteiger partial charge is 0.489 e. The van der Waals surface area contributed by atoms with E-state index in [9.17, 15) is 4.79 Å². The molecule has 24 heavy (non-hydrogen) atoms. The van der Waals surface area contributed by atoms with Crippen LogP contribution < -0.4 is 9.64 Å². The third kappa shape index (κ3) is 3.75. The second-order valence-corrected chi connectivity index (χ2v) is 8.44. The molecule has 0 spiro atoms. The molecule has 1 saturated heterocycles. The fourth-order valence-corrected chi connectivity index (χ4v) is 4.16. The molecule has 1 amide bonds. The average molecular weight is 418 g/mol. The van der Waals surface area contributed by atoms with Crippen LogP contribution in [0.5, 0.6) is 5.75 Å². The molecule has 7 heteroatoms. The van der Waals surface area contributed by atoms with Crippen molar-refractivity contribution < 1.29 is 14.3 Å². The molecule has 1 fully saturated rings. The van der Waals surface area contributed by atoms with Gasteiger partial charge in [0.05, 0.1) is 12.2 Å². The van der Waals surface area contributed by atoms with Crippen molar-refractivity contribution >= 4 is 39.3 Å². The molecule has 2 heterocycles. The van der Waals surface area contributed by atoms with Crippen molar-refractivity contribution in [2.24, 2.45) is 0 Å². The molecule has 2 aliphatic rings. The highest BCUT2D eigenvalue weighted by Crippen LogP contribution is 2.42. The summed E-state index contributed by atoms with van der Waals surface area (Å²) < 4.78 is 12.2. The quantitative estimate of drug-likeness (QED) is 0.683. The topological polar surface area (TPSA) is 42.0 Å². The number of amides is 1. The number of hydrogen-bond acceptors (Lipinski definition) is 4. The predicted octanol–water partition coefficient (Wildman–Crippen LogP) is 4.31. The third-order valence-corrected chi connectivity index (χ3v) is 4.95. The third-order valence-electron chi connectivity index (χ3n) is 4.13. The molecule has 0 radical (unpaired) electrons. The molecular weight excluding hydrogens is 396 g/mol. The zero-order valence-electron chi connectivity index (χ0n) is 14.1. The van der Waals surface area contributed by atoms with Crippen LogP contribution in [0.2, 0.25) is 5.02 Å². The first kappa shape index (κ1) is 17.7. The van der Waals surface area contributed by atoms with E-state index in [1.165, 1.54) is 0 Å². The lowest BCUT2D eigenvalue weighted by atomic mass is 10.1. The molecule has 1 atom stereocenters. The first-order chi connectivity index (χ1) is 11.2. The van der Waals surface area contributed by atoms with E-state index >= 15 is 0 Å². The van der Waals surface area contributed by atoms with Crippen LogP contribution in [-0.4, -0.2) is 48.9 Å². The zero-order chi connectivity index (χ0) is 17.5. The lowest BCUT2D eigenvalue weighted by Crippen LogP contribution is -2.44. The highest BCUT2D eigenvalue weighted by Gasteiger charge is 2.35. The van der Waals surface area contributed by atoms with E-state index < -0.39 is 5.60 Å². The molecule has 1 aromatic carbocycles. The summed E-state index contributed by atoms with van der Waals surface area (Å²) in [4.78, 5) is 16.4. The molecule has 0 saturated carbocycles. The SMILES string of the molecule is CC(C)(C)OC(=O)N1CCC(N2CCOc3cc(Cl)cc(Br)c32)C1. The van der Waals surface area contributed by atoms with Gasteiger partial charge in [0.15, 0.2) is 0 Å². The molecule has 0 aliphatic carbocycles. The Morgan fingerprint density at radius 3 is 2.83 bits per heavy atom. The lowest BCUT2D eigenvalue weighted by molar-refractivity contribution is 0.0292. The number of benzene rings is 1. The summed E-state index contributed by atoms with van der Waals surface area (Å²) in [7, 11) is 0. The fourth-order valence-electron chi connectivity index (χ4n) is 3.15. The minimum Gasteiger partial charge on any atom is -0.489 e. The summed E-state index contributed by atoms with van der Waals surface area (Å²) in [5.74, 6) is 0.788. The first-order valence-corrected chi connectivity index (χ1v) is 9.28. The smallest absolute Gasteiger partial charge is 0.410 e. The molecular formula is C17H22BrClN2O3. The Bertz CT molecular complexity index is 647. The van der Waals surface area contributed by atoms with Gasteiger partial charge in [0, 0.05) is 34.7 Å². The van der Waals surface area contributed by atoms with Crippen LogP contribution in [0.4, 0.5) is 10.5 Å². The molecule has 0 aromatic heterocycles. The van der Waals surface area contributed by atoms with Gasteiger partial charge in [-0.1, -0.05) is 11.6 Å². The van der Waals surface area contributed by atoms with Crippen LogP contribution in [0.25, 0.3) is 0 Å². The minimum absolute atomic E-state index is 0.242. The second kappa shape index (κ2) is 6.64. The molecule has 5 nitrogen and oxygen atoms in total. The monoisotopic (exact) mass is 416 g/mol. The lowest BCUT2D eigenvalue weighted by Gasteiger charge is -2.36. The minimum atomic E-state index is -0.472. The number of likely N-dealkylation sites (tertiary alicyclic amines) is 1. The first-order valence-electron chi connectivity index (χ1n) is 8.11. The van der Waals surface area contributed by atoms with Crippen molar-refractivity contribution in [3.63, 3.8) is 0 Å². The van der Waals surface area contributed by atoms with Crippen LogP contribution in [0, 0.1) is 0 Å². The molecule has 132 valence electrons. The van der Waals surface area contributed by atoms with Gasteiger partial charge in [-0.15, -0.1) is 0 Å². The Hall–Kier alpha value is -1.14. The highest BCUT2D eigenvalue weighted by atomic mass is 79.9. The number of rotatable bonds is 1. The summed E-state index contributed by atoms with van der Waals surface area (Å²) in [6.45, 7) is 8.43. The van der Waals surface area contributed by atoms with E-state index in [0.29, 0.717) is 24.7 Å². The van der Waals surface area contributed by atoms with Crippen molar-refractivity contribution in [2.45, 2.75) is 38.8 Å². The van der Waals surface area contributed by atoms with E-state index in [0.717, 1.165) is 28.9 Å². The number of carbonyl (C=O) groups is 1. The molecule has 2 aliphatic heterocycles. The summed E-state index contributed by atoms with van der Waals surface area (Å²) in [6, 6.07) is 3.97. The average Bonchev–Trinajstić information content (AvgIpc) is 2.94. The molecule has 0 bridgehead atoms. The van der Waals surface area contributed by atoms with Gasteiger partial charge in [0.25, 0.3) is 0 Å². The van der Waals surface area contributed by atoms with Crippen LogP contribution in [0.1, 0.15) is 27.2 Å². The van der Waals surface area contributed by atoms with Crippen LogP contribution in [0.3, 0.4) is 0 Å². The number of nitrogens with zero attached hydrogens (tertiary/aromatic N) is 2. The van der Waals surface area contributed by atoms with E-state index in [4.69, 9.17) is 21.1 Å². The van der Waals surface area contributed by atoms with Gasteiger partial charge in [-0.25, -0.2) is 4.79 Å². The number of carbonyl (C=O) groups excluding carboxylic acids is 1. The Kier molecular flexibility index (Phi) is 4.89. The zero-order valence-corrected chi connectivity index (χ0v) is 16.5. The van der Waals surface area contributed by atoms with E-state index in [1.807, 2.05) is 32.9 Å². The normalized spacial score (nSPS) is 20.6. The summed E-state index contributed by atoms with van der Waals surface area (Å²) in [5, 5.41) is 0.643. The predicted molar refractivity (Wildman–Crippen MR) is 98.2 cm³/mol. The van der Waals surface area contributed by atoms with Gasteiger partial charge in [-0.2, -0.15) is 0 Å². The molecule has 3 rings (SSSR count). The van der Waals surface area contributed by atoms with Crippen molar-refractivity contribution in [3.05, 3.63) is 21.6 Å². The van der Waals surface area contributed by atoms with Gasteiger partial charge in [-0.05, 0) is 49.2 Å². The van der Waals surface area contributed by atoms with Gasteiger partial charge < -0.3 is 19.3 Å². The standard InChI is InChI=1S/C17H22BrClN2O3/c1-17(2,3)24-16(22)20-5-4-12(10-20)21-6-7-23-14-9-11(19)8-13(18)15(14)21/h8-9,12H,4-7,10H2,1-3H3. The van der Waals surface area contributed by atoms with Gasteiger partial charge in [-0.3, -0.25) is 0 Å². The van der Waals surface area contributed by atoms with Gasteiger partial charge >= 0.3 is 6.09 Å². The van der Waals surface area contributed by atoms with Crippen molar-refractivity contribution in [2.75, 3.05) is 31.1 Å². The molecule has 1 unspecified atom stereocenters. The number of anilines is 1. The summed E-state index contributed by atoms with van der Waals surface area (Å²) in [6.07, 6.45) is 0.668. The number of halogens is 2. The second-order valence-electron chi connectivity index (χ2n) is 7.15. The number of ether oxygens (including phenoxy) is 2. The summed E-state index contributed by atoms with van der Waals surface area (Å²) in [5.41, 5.74) is 0.544. The van der Waals surface area contributed by atoms with Crippen LogP contribution in [0.15, 0.2) is 16.6 Å². The van der Waals surface area contributed by atoms with Gasteiger partial charge in [0.2, 0.25) is 0 Å². The Morgan fingerprint density at radius 1 is 1.38 bits per heavy atom. The van der Waals surface area contributed by atoms with Crippen LogP contribution >= 0.6 is 27.5 Å². The Morgan fingerprint density at radius 2 is 2.12 bits per heavy atom. The highest BCUT2D eigenvalue weighted by molar-refractivity contribution is 9.10. The van der Waals surface area contributed by atoms with E-state index in [1.54, 1.807) is 4.90 Å². The summed E-state index contributed by atoms with van der Waals surface area (Å²) >= 11 is 9.71. The maximum absolute atomic E-state index is 12.3. The number of fused-ring (bicyclic) bond motifs is 1. The van der Waals surface area contributed by atoms with Crippen molar-refractivity contribution in [1.82, 2.24) is 4.90 Å². The maximum Gasteiger partial charge on any atom is 0.410 e. The molecule has 0 N–H and O–H groups in total. The Labute approximate surface area is 156 Å². The van der Waals surface area contributed by atoms with Crippen molar-refractivity contribution in [3.8, 4) is 5.75 Å².